The fourth-order valence-corrected chi connectivity index (χ4v) is 2.82. The molecule has 1 aromatic carbocycles. The summed E-state index contributed by atoms with van der Waals surface area (Å²) in [5.74, 6) is 0.979. The zero-order valence-electron chi connectivity index (χ0n) is 15.5. The number of aromatic nitrogens is 2. The maximum atomic E-state index is 6.01. The molecule has 0 radical (unpaired) electrons. The number of nitrogens with one attached hydrogen (secondary N) is 1. The number of anilines is 2. The van der Waals surface area contributed by atoms with E-state index in [4.69, 9.17) is 15.3 Å². The van der Waals surface area contributed by atoms with Gasteiger partial charge in [-0.2, -0.15) is 0 Å². The summed E-state index contributed by atoms with van der Waals surface area (Å²) in [4.78, 5) is 16.0. The van der Waals surface area contributed by atoms with E-state index in [9.17, 15) is 0 Å². The summed E-state index contributed by atoms with van der Waals surface area (Å²) in [6, 6.07) is 10.2. The van der Waals surface area contributed by atoms with Gasteiger partial charge in [-0.3, -0.25) is 4.90 Å². The molecule has 1 aliphatic heterocycles. The van der Waals surface area contributed by atoms with Crippen LogP contribution in [0.5, 0.6) is 0 Å². The first-order chi connectivity index (χ1) is 13.2. The molecule has 0 saturated carbocycles. The Balaban J connectivity index is 1.57. The quantitative estimate of drug-likeness (QED) is 0.416. The van der Waals surface area contributed by atoms with Gasteiger partial charge in [0.15, 0.2) is 0 Å². The molecule has 1 fully saturated rings. The number of hydrogen-bond donors (Lipinski definition) is 2. The summed E-state index contributed by atoms with van der Waals surface area (Å²) >= 11 is 0. The van der Waals surface area contributed by atoms with E-state index in [-0.39, 0.29) is 6.04 Å². The van der Waals surface area contributed by atoms with E-state index >= 15 is 0 Å². The SMILES string of the molecule is C[C@H](Nc1ncnc(N)c1C=NOCCN1CCOCC1)c1ccccc1. The Morgan fingerprint density at radius 2 is 2.07 bits per heavy atom. The van der Waals surface area contributed by atoms with E-state index in [1.54, 1.807) is 6.21 Å². The minimum Gasteiger partial charge on any atom is -0.394 e. The van der Waals surface area contributed by atoms with E-state index in [1.165, 1.54) is 6.33 Å². The van der Waals surface area contributed by atoms with Crippen molar-refractivity contribution in [2.45, 2.75) is 13.0 Å². The third-order valence-corrected chi connectivity index (χ3v) is 4.43. The second-order valence-electron chi connectivity index (χ2n) is 6.32. The number of hydrogen-bond acceptors (Lipinski definition) is 8. The van der Waals surface area contributed by atoms with Crippen molar-refractivity contribution in [1.82, 2.24) is 14.9 Å². The van der Waals surface area contributed by atoms with Crippen molar-refractivity contribution in [3.8, 4) is 0 Å². The molecule has 1 aliphatic rings. The van der Waals surface area contributed by atoms with E-state index < -0.39 is 0 Å². The van der Waals surface area contributed by atoms with Crippen LogP contribution in [0.1, 0.15) is 24.1 Å². The average Bonchev–Trinajstić information content (AvgIpc) is 2.71. The molecule has 8 nitrogen and oxygen atoms in total. The van der Waals surface area contributed by atoms with Crippen LogP contribution in [0, 0.1) is 0 Å². The lowest BCUT2D eigenvalue weighted by atomic mass is 10.1. The lowest BCUT2D eigenvalue weighted by molar-refractivity contribution is 0.0214. The van der Waals surface area contributed by atoms with Crippen LogP contribution in [0.3, 0.4) is 0 Å². The summed E-state index contributed by atoms with van der Waals surface area (Å²) in [7, 11) is 0. The molecule has 8 heteroatoms. The third-order valence-electron chi connectivity index (χ3n) is 4.43. The number of rotatable bonds is 8. The predicted molar refractivity (Wildman–Crippen MR) is 106 cm³/mol. The van der Waals surface area contributed by atoms with Crippen LogP contribution in [0.2, 0.25) is 0 Å². The van der Waals surface area contributed by atoms with Gasteiger partial charge in [0.05, 0.1) is 25.0 Å². The standard InChI is InChI=1S/C19H26N6O2/c1-15(16-5-3-2-4-6-16)24-19-17(18(20)21-14-22-19)13-23-27-12-9-25-7-10-26-11-8-25/h2-6,13-15H,7-12H2,1H3,(H3,20,21,22,24)/t15-/m0/s1. The van der Waals surface area contributed by atoms with Crippen LogP contribution < -0.4 is 11.1 Å². The van der Waals surface area contributed by atoms with E-state index in [0.717, 1.165) is 38.4 Å². The first kappa shape index (κ1) is 19.1. The molecule has 0 aliphatic carbocycles. The van der Waals surface area contributed by atoms with Gasteiger partial charge in [0.2, 0.25) is 0 Å². The van der Waals surface area contributed by atoms with Gasteiger partial charge in [-0.05, 0) is 12.5 Å². The molecule has 0 unspecified atom stereocenters. The van der Waals surface area contributed by atoms with Crippen molar-refractivity contribution < 1.29 is 9.57 Å². The number of nitrogen functional groups attached to an aromatic ring is 1. The van der Waals surface area contributed by atoms with Crippen LogP contribution in [0.4, 0.5) is 11.6 Å². The highest BCUT2D eigenvalue weighted by Gasteiger charge is 2.12. The Morgan fingerprint density at radius 3 is 2.85 bits per heavy atom. The maximum Gasteiger partial charge on any atom is 0.141 e. The number of morpholine rings is 1. The topological polar surface area (TPSA) is 97.9 Å². The molecular formula is C19H26N6O2. The van der Waals surface area contributed by atoms with Crippen molar-refractivity contribution in [2.75, 3.05) is 50.5 Å². The van der Waals surface area contributed by atoms with Gasteiger partial charge in [-0.25, -0.2) is 9.97 Å². The zero-order valence-corrected chi connectivity index (χ0v) is 15.5. The second kappa shape index (κ2) is 9.84. The molecule has 3 N–H and O–H groups in total. The van der Waals surface area contributed by atoms with E-state index in [0.29, 0.717) is 23.8 Å². The fourth-order valence-electron chi connectivity index (χ4n) is 2.82. The molecule has 1 saturated heterocycles. The van der Waals surface area contributed by atoms with E-state index in [1.807, 2.05) is 18.2 Å². The summed E-state index contributed by atoms with van der Waals surface area (Å²) in [6.07, 6.45) is 3.00. The molecule has 0 spiro atoms. The number of nitrogens with two attached hydrogens (primary N) is 1. The zero-order chi connectivity index (χ0) is 18.9. The highest BCUT2D eigenvalue weighted by molar-refractivity contribution is 5.91. The summed E-state index contributed by atoms with van der Waals surface area (Å²) in [5, 5.41) is 7.40. The highest BCUT2D eigenvalue weighted by Crippen LogP contribution is 2.21. The van der Waals surface area contributed by atoms with Crippen LogP contribution in [-0.2, 0) is 9.57 Å². The molecule has 1 aromatic heterocycles. The Bertz CT molecular complexity index is 734. The predicted octanol–water partition coefficient (Wildman–Crippen LogP) is 1.91. The molecule has 3 rings (SSSR count). The van der Waals surface area contributed by atoms with Gasteiger partial charge < -0.3 is 20.6 Å². The minimum atomic E-state index is 0.0647. The number of ether oxygens (including phenoxy) is 1. The Kier molecular flexibility index (Phi) is 6.95. The first-order valence-electron chi connectivity index (χ1n) is 9.11. The highest BCUT2D eigenvalue weighted by atomic mass is 16.6. The van der Waals surface area contributed by atoms with Crippen LogP contribution in [0.15, 0.2) is 41.8 Å². The molecule has 2 aromatic rings. The summed E-state index contributed by atoms with van der Waals surface area (Å²) < 4.78 is 5.33. The number of oxime groups is 1. The van der Waals surface area contributed by atoms with Crippen molar-refractivity contribution in [1.29, 1.82) is 0 Å². The minimum absolute atomic E-state index is 0.0647. The molecule has 0 amide bonds. The van der Waals surface area contributed by atoms with Crippen molar-refractivity contribution in [3.05, 3.63) is 47.8 Å². The van der Waals surface area contributed by atoms with Crippen LogP contribution in [-0.4, -0.2) is 60.5 Å². The van der Waals surface area contributed by atoms with E-state index in [2.05, 4.69) is 44.4 Å². The maximum absolute atomic E-state index is 6.01. The first-order valence-corrected chi connectivity index (χ1v) is 9.11. The Hall–Kier alpha value is -2.71. The molecule has 0 bridgehead atoms. The van der Waals surface area contributed by atoms with Gasteiger partial charge >= 0.3 is 0 Å². The van der Waals surface area contributed by atoms with Gasteiger partial charge in [0.25, 0.3) is 0 Å². The van der Waals surface area contributed by atoms with Crippen molar-refractivity contribution in [2.24, 2.45) is 5.16 Å². The summed E-state index contributed by atoms with van der Waals surface area (Å²) in [5.41, 5.74) is 7.78. The largest absolute Gasteiger partial charge is 0.394 e. The number of nitrogens with zero attached hydrogens (tertiary/aromatic N) is 4. The third kappa shape index (κ3) is 5.63. The lowest BCUT2D eigenvalue weighted by Crippen LogP contribution is -2.38. The fraction of sp³-hybridized carbons (Fsp3) is 0.421. The van der Waals surface area contributed by atoms with Gasteiger partial charge in [0.1, 0.15) is 24.6 Å². The average molecular weight is 370 g/mol. The summed E-state index contributed by atoms with van der Waals surface area (Å²) in [6.45, 7) is 6.79. The van der Waals surface area contributed by atoms with Gasteiger partial charge in [0, 0.05) is 25.7 Å². The lowest BCUT2D eigenvalue weighted by Gasteiger charge is -2.25. The second-order valence-corrected chi connectivity index (χ2v) is 6.32. The molecular weight excluding hydrogens is 344 g/mol. The smallest absolute Gasteiger partial charge is 0.141 e. The monoisotopic (exact) mass is 370 g/mol. The Morgan fingerprint density at radius 1 is 1.30 bits per heavy atom. The Labute approximate surface area is 159 Å². The number of benzene rings is 1. The van der Waals surface area contributed by atoms with Gasteiger partial charge in [-0.15, -0.1) is 0 Å². The van der Waals surface area contributed by atoms with Crippen LogP contribution in [0.25, 0.3) is 0 Å². The molecule has 144 valence electrons. The normalized spacial score (nSPS) is 16.3. The molecule has 2 heterocycles. The van der Waals surface area contributed by atoms with Gasteiger partial charge in [-0.1, -0.05) is 35.5 Å². The molecule has 1 atom stereocenters. The van der Waals surface area contributed by atoms with Crippen molar-refractivity contribution >= 4 is 17.9 Å². The molecule has 27 heavy (non-hydrogen) atoms. The van der Waals surface area contributed by atoms with Crippen molar-refractivity contribution in [3.63, 3.8) is 0 Å². The van der Waals surface area contributed by atoms with Crippen LogP contribution >= 0.6 is 0 Å².